The van der Waals surface area contributed by atoms with Gasteiger partial charge in [-0.15, -0.1) is 13.2 Å². The molecule has 1 spiro atoms. The number of ether oxygens (including phenoxy) is 2. The molecule has 3 aliphatic heterocycles. The summed E-state index contributed by atoms with van der Waals surface area (Å²) in [6.45, 7) is 19.7. The highest BCUT2D eigenvalue weighted by Crippen LogP contribution is 2.65. The molecule has 7 atom stereocenters. The van der Waals surface area contributed by atoms with Crippen molar-refractivity contribution in [3.63, 3.8) is 0 Å². The monoisotopic (exact) mass is 532 g/mol. The highest BCUT2D eigenvalue weighted by atomic mass is 16.6. The van der Waals surface area contributed by atoms with Crippen molar-refractivity contribution >= 4 is 17.8 Å². The molecule has 8 nitrogen and oxygen atoms in total. The number of rotatable bonds is 14. The number of likely N-dealkylation sites (tertiary alicyclic amines) is 1. The maximum atomic E-state index is 14.3. The second-order valence-corrected chi connectivity index (χ2v) is 12.2. The number of nitrogens with zero attached hydrogens (tertiary/aromatic N) is 2. The van der Waals surface area contributed by atoms with E-state index < -0.39 is 41.1 Å². The number of allylic oxidation sites excluding steroid dienone is 1. The van der Waals surface area contributed by atoms with E-state index in [1.54, 1.807) is 15.9 Å². The number of unbranched alkanes of at least 4 members (excludes halogenated alkanes) is 2. The molecule has 0 aliphatic carbocycles. The summed E-state index contributed by atoms with van der Waals surface area (Å²) in [5.41, 5.74) is -2.08. The van der Waals surface area contributed by atoms with Crippen molar-refractivity contribution in [1.82, 2.24) is 9.80 Å². The predicted octanol–water partition coefficient (Wildman–Crippen LogP) is 3.73. The van der Waals surface area contributed by atoms with Crippen LogP contribution in [0.1, 0.15) is 73.6 Å². The first-order chi connectivity index (χ1) is 17.9. The van der Waals surface area contributed by atoms with Gasteiger partial charge in [-0.2, -0.15) is 0 Å². The van der Waals surface area contributed by atoms with Gasteiger partial charge in [0.15, 0.2) is 0 Å². The van der Waals surface area contributed by atoms with Crippen LogP contribution in [0.3, 0.4) is 0 Å². The fraction of sp³-hybridized carbons (Fsp3) is 0.767. The molecule has 2 amide bonds. The fourth-order valence-corrected chi connectivity index (χ4v) is 7.03. The summed E-state index contributed by atoms with van der Waals surface area (Å²) in [6.07, 6.45) is 6.94. The number of aliphatic hydroxyl groups is 1. The van der Waals surface area contributed by atoms with Gasteiger partial charge in [0.1, 0.15) is 17.6 Å². The lowest BCUT2D eigenvalue weighted by atomic mass is 9.62. The lowest BCUT2D eigenvalue weighted by Crippen LogP contribution is -2.60. The van der Waals surface area contributed by atoms with Gasteiger partial charge in [0, 0.05) is 12.6 Å². The molecule has 0 aromatic rings. The molecule has 3 fully saturated rings. The summed E-state index contributed by atoms with van der Waals surface area (Å²) in [7, 11) is 0. The Labute approximate surface area is 228 Å². The summed E-state index contributed by atoms with van der Waals surface area (Å²) < 4.78 is 12.5. The molecule has 8 heteroatoms. The van der Waals surface area contributed by atoms with Crippen molar-refractivity contribution in [3.05, 3.63) is 25.3 Å². The highest BCUT2D eigenvalue weighted by Gasteiger charge is 2.80. The van der Waals surface area contributed by atoms with Crippen LogP contribution in [0.5, 0.6) is 0 Å². The first-order valence-corrected chi connectivity index (χ1v) is 14.2. The van der Waals surface area contributed by atoms with E-state index in [9.17, 15) is 19.5 Å². The third-order valence-corrected chi connectivity index (χ3v) is 8.87. The Bertz CT molecular complexity index is 918. The van der Waals surface area contributed by atoms with Crippen LogP contribution in [-0.2, 0) is 23.9 Å². The zero-order chi connectivity index (χ0) is 28.4. The summed E-state index contributed by atoms with van der Waals surface area (Å²) >= 11 is 0. The average Bonchev–Trinajstić information content (AvgIpc) is 3.36. The molecule has 38 heavy (non-hydrogen) atoms. The smallest absolute Gasteiger partial charge is 0.312 e. The Morgan fingerprint density at radius 3 is 2.47 bits per heavy atom. The van der Waals surface area contributed by atoms with Gasteiger partial charge in [0.25, 0.3) is 0 Å². The molecule has 3 heterocycles. The van der Waals surface area contributed by atoms with E-state index in [0.29, 0.717) is 25.8 Å². The second-order valence-electron chi connectivity index (χ2n) is 12.2. The third-order valence-electron chi connectivity index (χ3n) is 8.87. The number of aliphatic hydroxyl groups excluding tert-OH is 1. The van der Waals surface area contributed by atoms with Gasteiger partial charge in [-0.3, -0.25) is 14.4 Å². The molecular formula is C30H48N2O6. The third kappa shape index (κ3) is 5.06. The summed E-state index contributed by atoms with van der Waals surface area (Å²) in [6, 6.07) is -1.63. The van der Waals surface area contributed by atoms with Crippen molar-refractivity contribution < 1.29 is 29.0 Å². The molecular weight excluding hydrogens is 484 g/mol. The van der Waals surface area contributed by atoms with E-state index in [1.807, 2.05) is 47.6 Å². The molecule has 214 valence electrons. The minimum Gasteiger partial charge on any atom is -0.465 e. The van der Waals surface area contributed by atoms with Gasteiger partial charge < -0.3 is 24.4 Å². The van der Waals surface area contributed by atoms with Gasteiger partial charge in [0.05, 0.1) is 30.8 Å². The molecule has 3 saturated heterocycles. The molecule has 0 aromatic heterocycles. The summed E-state index contributed by atoms with van der Waals surface area (Å²) in [4.78, 5) is 45.5. The van der Waals surface area contributed by atoms with E-state index in [1.165, 1.54) is 0 Å². The standard InChI is InChI=1S/C30H48N2O6/c1-9-11-12-13-15-37-28(36)24-23-26(34)32(22(18-33)16-19(3)4)25(27(35)31(14-10-2)20(5)6)30(23)17-21(7)29(24,8)38-30/h9-10,19-25,33H,1-2,11-18H2,3-8H3/t21?,22-,23+,24+,25?,29-,30?/m1/s1. The Hall–Kier alpha value is -2.19. The number of hydrogen-bond donors (Lipinski definition) is 1. The minimum absolute atomic E-state index is 0.0651. The van der Waals surface area contributed by atoms with Gasteiger partial charge >= 0.3 is 5.97 Å². The van der Waals surface area contributed by atoms with Crippen LogP contribution in [0.2, 0.25) is 0 Å². The topological polar surface area (TPSA) is 96.4 Å². The molecule has 0 saturated carbocycles. The minimum atomic E-state index is -1.16. The Morgan fingerprint density at radius 2 is 1.92 bits per heavy atom. The largest absolute Gasteiger partial charge is 0.465 e. The highest BCUT2D eigenvalue weighted by molar-refractivity contribution is 5.99. The van der Waals surface area contributed by atoms with Crippen molar-refractivity contribution in [2.45, 2.75) is 103 Å². The maximum Gasteiger partial charge on any atom is 0.312 e. The lowest BCUT2D eigenvalue weighted by molar-refractivity contribution is -0.164. The zero-order valence-electron chi connectivity index (χ0n) is 24.2. The zero-order valence-corrected chi connectivity index (χ0v) is 24.2. The molecule has 0 aromatic carbocycles. The Balaban J connectivity index is 2.07. The van der Waals surface area contributed by atoms with Gasteiger partial charge in [0.2, 0.25) is 11.8 Å². The molecule has 2 bridgehead atoms. The van der Waals surface area contributed by atoms with Crippen LogP contribution in [0.4, 0.5) is 0 Å². The quantitative estimate of drug-likeness (QED) is 0.208. The first-order valence-electron chi connectivity index (χ1n) is 14.2. The number of fused-ring (bicyclic) bond motifs is 1. The number of carbonyl (C=O) groups excluding carboxylic acids is 3. The average molecular weight is 533 g/mol. The van der Waals surface area contributed by atoms with Crippen LogP contribution in [0.15, 0.2) is 25.3 Å². The van der Waals surface area contributed by atoms with Gasteiger partial charge in [-0.25, -0.2) is 0 Å². The van der Waals surface area contributed by atoms with Crippen molar-refractivity contribution in [2.75, 3.05) is 19.8 Å². The summed E-state index contributed by atoms with van der Waals surface area (Å²) in [5.74, 6) is -2.50. The molecule has 3 unspecified atom stereocenters. The number of esters is 1. The SMILES string of the molecule is C=CCCCCOC(=O)[C@@H]1[C@H]2C(=O)N([C@@H](CO)CC(C)C)C(C(=O)N(CC=C)C(C)C)C23CC(C)[C@@]1(C)O3. The summed E-state index contributed by atoms with van der Waals surface area (Å²) in [5, 5.41) is 10.4. The van der Waals surface area contributed by atoms with Crippen LogP contribution in [0.25, 0.3) is 0 Å². The lowest BCUT2D eigenvalue weighted by Gasteiger charge is -2.41. The van der Waals surface area contributed by atoms with Gasteiger partial charge in [-0.05, 0) is 64.7 Å². The van der Waals surface area contributed by atoms with Crippen LogP contribution in [0, 0.1) is 23.7 Å². The normalized spacial score (nSPS) is 32.6. The van der Waals surface area contributed by atoms with Crippen molar-refractivity contribution in [3.8, 4) is 0 Å². The molecule has 1 N–H and O–H groups in total. The van der Waals surface area contributed by atoms with Crippen molar-refractivity contribution in [2.24, 2.45) is 23.7 Å². The Kier molecular flexibility index (Phi) is 9.51. The van der Waals surface area contributed by atoms with Gasteiger partial charge in [-0.1, -0.05) is 32.9 Å². The molecule has 0 radical (unpaired) electrons. The number of carbonyl (C=O) groups is 3. The van der Waals surface area contributed by atoms with Crippen LogP contribution >= 0.6 is 0 Å². The van der Waals surface area contributed by atoms with E-state index in [0.717, 1.165) is 12.8 Å². The molecule has 3 rings (SSSR count). The number of amides is 2. The molecule has 3 aliphatic rings. The maximum absolute atomic E-state index is 14.3. The first kappa shape index (κ1) is 30.4. The van der Waals surface area contributed by atoms with E-state index in [2.05, 4.69) is 13.2 Å². The van der Waals surface area contributed by atoms with Crippen LogP contribution < -0.4 is 0 Å². The van der Waals surface area contributed by atoms with E-state index in [-0.39, 0.29) is 42.9 Å². The van der Waals surface area contributed by atoms with Crippen molar-refractivity contribution in [1.29, 1.82) is 0 Å². The van der Waals surface area contributed by atoms with E-state index in [4.69, 9.17) is 9.47 Å². The fourth-order valence-electron chi connectivity index (χ4n) is 7.03. The number of hydrogen-bond acceptors (Lipinski definition) is 6. The van der Waals surface area contributed by atoms with E-state index >= 15 is 0 Å². The van der Waals surface area contributed by atoms with Crippen LogP contribution in [-0.4, -0.2) is 81.8 Å². The second kappa shape index (κ2) is 11.9. The Morgan fingerprint density at radius 1 is 1.24 bits per heavy atom. The predicted molar refractivity (Wildman–Crippen MR) is 146 cm³/mol.